The van der Waals surface area contributed by atoms with Crippen LogP contribution in [-0.2, 0) is 26.2 Å². The predicted molar refractivity (Wildman–Crippen MR) is 117 cm³/mol. The van der Waals surface area contributed by atoms with E-state index in [-0.39, 0.29) is 42.5 Å². The highest BCUT2D eigenvalue weighted by atomic mass is 32.2. The number of rotatable bonds is 5. The van der Waals surface area contributed by atoms with Crippen molar-refractivity contribution >= 4 is 33.4 Å². The lowest BCUT2D eigenvalue weighted by Gasteiger charge is -2.37. The van der Waals surface area contributed by atoms with Crippen LogP contribution in [0.4, 0.5) is 10.1 Å². The number of carbonyl (C=O) groups is 3. The Hall–Kier alpha value is -2.53. The highest BCUT2D eigenvalue weighted by molar-refractivity contribution is 7.89. The number of fused-ring (bicyclic) bond motifs is 1. The third-order valence-corrected chi connectivity index (χ3v) is 9.29. The number of benzene rings is 1. The number of hydrogen-bond donors (Lipinski definition) is 1. The molecule has 0 bridgehead atoms. The quantitative estimate of drug-likeness (QED) is 0.629. The molecule has 1 atom stereocenters. The van der Waals surface area contributed by atoms with E-state index in [4.69, 9.17) is 0 Å². The summed E-state index contributed by atoms with van der Waals surface area (Å²) in [4.78, 5) is 40.1. The Labute approximate surface area is 191 Å². The molecule has 3 heterocycles. The van der Waals surface area contributed by atoms with E-state index in [1.54, 1.807) is 0 Å². The maximum Gasteiger partial charge on any atom is 0.255 e. The normalized spacial score (nSPS) is 24.6. The van der Waals surface area contributed by atoms with E-state index >= 15 is 0 Å². The van der Waals surface area contributed by atoms with Crippen LogP contribution in [0.15, 0.2) is 12.1 Å². The molecule has 3 amide bonds. The van der Waals surface area contributed by atoms with Crippen molar-refractivity contribution in [2.75, 3.05) is 36.8 Å². The maximum atomic E-state index is 14.5. The number of imide groups is 1. The summed E-state index contributed by atoms with van der Waals surface area (Å²) in [6.45, 7) is 1.56. The summed E-state index contributed by atoms with van der Waals surface area (Å²) in [5, 5.41) is 2.26. The fourth-order valence-corrected chi connectivity index (χ4v) is 7.02. The van der Waals surface area contributed by atoms with E-state index < -0.39 is 33.7 Å². The lowest BCUT2D eigenvalue weighted by molar-refractivity contribution is -0.136. The summed E-state index contributed by atoms with van der Waals surface area (Å²) in [5.74, 6) is -1.41. The minimum absolute atomic E-state index is 0.148. The van der Waals surface area contributed by atoms with Crippen molar-refractivity contribution in [2.24, 2.45) is 5.92 Å². The molecule has 5 rings (SSSR count). The Morgan fingerprint density at radius 2 is 1.76 bits per heavy atom. The SMILES string of the molecule is O=C1CCC(N2Cc3c(cc(F)cc3N3CCN(S(=O)(=O)CC4CCC4)CC3)C2=O)C(=O)N1. The summed E-state index contributed by atoms with van der Waals surface area (Å²) in [6, 6.07) is 1.79. The molecule has 0 aromatic heterocycles. The molecule has 178 valence electrons. The molecular weight excluding hydrogens is 451 g/mol. The average molecular weight is 479 g/mol. The Morgan fingerprint density at radius 1 is 1.03 bits per heavy atom. The predicted octanol–water partition coefficient (Wildman–Crippen LogP) is 0.839. The molecule has 33 heavy (non-hydrogen) atoms. The van der Waals surface area contributed by atoms with Gasteiger partial charge in [0.25, 0.3) is 5.91 Å². The maximum absolute atomic E-state index is 14.5. The van der Waals surface area contributed by atoms with Crippen molar-refractivity contribution in [1.82, 2.24) is 14.5 Å². The van der Waals surface area contributed by atoms with Gasteiger partial charge in [-0.15, -0.1) is 0 Å². The van der Waals surface area contributed by atoms with Crippen molar-refractivity contribution < 1.29 is 27.2 Å². The number of amides is 3. The van der Waals surface area contributed by atoms with Gasteiger partial charge in [-0.25, -0.2) is 12.8 Å². The van der Waals surface area contributed by atoms with Crippen LogP contribution in [0.5, 0.6) is 0 Å². The largest absolute Gasteiger partial charge is 0.369 e. The number of hydrogen-bond acceptors (Lipinski definition) is 6. The first-order valence-corrected chi connectivity index (χ1v) is 13.0. The van der Waals surface area contributed by atoms with Gasteiger partial charge in [0.05, 0.1) is 5.75 Å². The summed E-state index contributed by atoms with van der Waals surface area (Å²) >= 11 is 0. The van der Waals surface area contributed by atoms with Crippen LogP contribution in [-0.4, -0.2) is 73.3 Å². The smallest absolute Gasteiger partial charge is 0.255 e. The molecule has 3 fully saturated rings. The van der Waals surface area contributed by atoms with Crippen molar-refractivity contribution in [3.05, 3.63) is 29.1 Å². The van der Waals surface area contributed by atoms with Crippen LogP contribution in [0.3, 0.4) is 0 Å². The zero-order valence-corrected chi connectivity index (χ0v) is 19.1. The van der Waals surface area contributed by atoms with Crippen molar-refractivity contribution in [2.45, 2.75) is 44.7 Å². The van der Waals surface area contributed by atoms with Crippen LogP contribution >= 0.6 is 0 Å². The van der Waals surface area contributed by atoms with Crippen molar-refractivity contribution in [3.8, 4) is 0 Å². The number of piperidine rings is 1. The molecule has 3 aliphatic heterocycles. The van der Waals surface area contributed by atoms with E-state index in [2.05, 4.69) is 5.32 Å². The number of sulfonamides is 1. The number of nitrogens with zero attached hydrogens (tertiary/aromatic N) is 3. The van der Waals surface area contributed by atoms with Gasteiger partial charge in [0.2, 0.25) is 21.8 Å². The van der Waals surface area contributed by atoms with Gasteiger partial charge in [0.1, 0.15) is 11.9 Å². The van der Waals surface area contributed by atoms with Crippen molar-refractivity contribution in [3.63, 3.8) is 0 Å². The molecule has 1 N–H and O–H groups in total. The summed E-state index contributed by atoms with van der Waals surface area (Å²) in [6.07, 6.45) is 3.40. The zero-order valence-electron chi connectivity index (χ0n) is 18.3. The lowest BCUT2D eigenvalue weighted by Crippen LogP contribution is -2.52. The minimum Gasteiger partial charge on any atom is -0.369 e. The van der Waals surface area contributed by atoms with Crippen LogP contribution in [0.25, 0.3) is 0 Å². The molecule has 1 aliphatic carbocycles. The van der Waals surface area contributed by atoms with E-state index in [1.807, 2.05) is 4.90 Å². The monoisotopic (exact) mass is 478 g/mol. The average Bonchev–Trinajstić information content (AvgIpc) is 3.07. The van der Waals surface area contributed by atoms with Crippen molar-refractivity contribution in [1.29, 1.82) is 0 Å². The van der Waals surface area contributed by atoms with Gasteiger partial charge >= 0.3 is 0 Å². The molecule has 11 heteroatoms. The highest BCUT2D eigenvalue weighted by Gasteiger charge is 2.41. The molecule has 0 radical (unpaired) electrons. The molecule has 1 aromatic rings. The first kappa shape index (κ1) is 22.3. The minimum atomic E-state index is -3.31. The zero-order chi connectivity index (χ0) is 23.3. The summed E-state index contributed by atoms with van der Waals surface area (Å²) in [7, 11) is -3.31. The van der Waals surface area contributed by atoms with E-state index in [0.717, 1.165) is 19.3 Å². The van der Waals surface area contributed by atoms with Crippen LogP contribution < -0.4 is 10.2 Å². The Balaban J connectivity index is 1.32. The van der Waals surface area contributed by atoms with Gasteiger partial charge in [-0.1, -0.05) is 6.42 Å². The Kier molecular flexibility index (Phi) is 5.64. The fraction of sp³-hybridized carbons (Fsp3) is 0.591. The van der Waals surface area contributed by atoms with Crippen LogP contribution in [0, 0.1) is 11.7 Å². The fourth-order valence-electron chi connectivity index (χ4n) is 5.16. The molecule has 4 aliphatic rings. The second-order valence-corrected chi connectivity index (χ2v) is 11.3. The lowest BCUT2D eigenvalue weighted by atomic mass is 9.87. The summed E-state index contributed by atoms with van der Waals surface area (Å²) in [5.41, 5.74) is 1.41. The van der Waals surface area contributed by atoms with E-state index in [9.17, 15) is 27.2 Å². The Bertz CT molecular complexity index is 1110. The van der Waals surface area contributed by atoms with Gasteiger partial charge in [0.15, 0.2) is 0 Å². The number of piperazine rings is 1. The van der Waals surface area contributed by atoms with Crippen LogP contribution in [0.2, 0.25) is 0 Å². The number of nitrogens with one attached hydrogen (secondary N) is 1. The van der Waals surface area contributed by atoms with Crippen LogP contribution in [0.1, 0.15) is 48.0 Å². The summed E-state index contributed by atoms with van der Waals surface area (Å²) < 4.78 is 41.4. The topological polar surface area (TPSA) is 107 Å². The van der Waals surface area contributed by atoms with Gasteiger partial charge in [-0.3, -0.25) is 19.7 Å². The highest BCUT2D eigenvalue weighted by Crippen LogP contribution is 2.36. The third-order valence-electron chi connectivity index (χ3n) is 7.24. The molecule has 0 spiro atoms. The number of anilines is 1. The van der Waals surface area contributed by atoms with Gasteiger partial charge in [-0.2, -0.15) is 4.31 Å². The first-order chi connectivity index (χ1) is 15.7. The molecule has 1 unspecified atom stereocenters. The van der Waals surface area contributed by atoms with E-state index in [1.165, 1.54) is 21.3 Å². The van der Waals surface area contributed by atoms with Gasteiger partial charge in [-0.05, 0) is 37.3 Å². The molecule has 9 nitrogen and oxygen atoms in total. The van der Waals surface area contributed by atoms with Gasteiger partial charge < -0.3 is 9.80 Å². The first-order valence-electron chi connectivity index (χ1n) is 11.4. The second kappa shape index (κ2) is 8.35. The van der Waals surface area contributed by atoms with Gasteiger partial charge in [0, 0.05) is 56.0 Å². The molecule has 2 saturated heterocycles. The molecule has 1 aromatic carbocycles. The third kappa shape index (κ3) is 4.12. The van der Waals surface area contributed by atoms with E-state index in [0.29, 0.717) is 37.4 Å². The number of carbonyl (C=O) groups excluding carboxylic acids is 3. The second-order valence-electron chi connectivity index (χ2n) is 9.31. The Morgan fingerprint density at radius 3 is 2.39 bits per heavy atom. The molecular formula is C22H27FN4O5S. The molecule has 1 saturated carbocycles. The standard InChI is InChI=1S/C22H27FN4O5S/c23-15-10-16-17(12-27(22(16)30)18-4-5-20(28)24-21(18)29)19(11-15)25-6-8-26(9-7-25)33(31,32)13-14-2-1-3-14/h10-11,14,18H,1-9,12-13H2,(H,24,28,29). The number of halogens is 1.